The van der Waals surface area contributed by atoms with Crippen molar-refractivity contribution in [2.45, 2.75) is 143 Å². The summed E-state index contributed by atoms with van der Waals surface area (Å²) in [6, 6.07) is -8.90. The number of nitrogens with zero attached hydrogens (tertiary/aromatic N) is 1. The Morgan fingerprint density at radius 3 is 1.34 bits per heavy atom. The van der Waals surface area contributed by atoms with Crippen LogP contribution >= 0.6 is 75.8 Å². The van der Waals surface area contributed by atoms with Crippen LogP contribution in [0.5, 0.6) is 11.5 Å². The Kier molecular flexibility index (Phi) is 37.3. The molecule has 0 radical (unpaired) electrons. The molecule has 36 nitrogen and oxygen atoms in total. The smallest absolute Gasteiger partial charge is 0.326 e. The van der Waals surface area contributed by atoms with Gasteiger partial charge in [-0.2, -0.15) is 75.8 Å². The number of nitrogens with one attached hydrogen (secondary N) is 12. The molecule has 558 valence electrons. The summed E-state index contributed by atoms with van der Waals surface area (Å²) < 4.78 is 0. The van der Waals surface area contributed by atoms with Crippen molar-refractivity contribution in [2.24, 2.45) is 11.5 Å². The van der Waals surface area contributed by atoms with Gasteiger partial charge in [-0.25, -0.2) is 4.79 Å². The molecule has 1 fully saturated rings. The van der Waals surface area contributed by atoms with Crippen LogP contribution in [0, 0.1) is 0 Å². The number of likely N-dealkylation sites (tertiary alicyclic amines) is 1. The molecular weight excluding hydrogens is 1450 g/mol. The molecule has 1 heterocycles. The van der Waals surface area contributed by atoms with Crippen molar-refractivity contribution < 1.29 is 102 Å². The largest absolute Gasteiger partial charge is 0.508 e. The van der Waals surface area contributed by atoms with E-state index in [9.17, 15) is 102 Å². The molecule has 2 aromatic carbocycles. The average molecular weight is 1530 g/mol. The Morgan fingerprint density at radius 2 is 0.891 bits per heavy atom. The monoisotopic (exact) mass is 1530 g/mol. The quantitative estimate of drug-likeness (QED) is 0.0275. The van der Waals surface area contributed by atoms with E-state index in [4.69, 9.17) is 11.5 Å². The number of hydrogen-bond acceptors (Lipinski definition) is 26. The minimum atomic E-state index is -1.78. The lowest BCUT2D eigenvalue weighted by Gasteiger charge is -2.30. The third kappa shape index (κ3) is 28.9. The summed E-state index contributed by atoms with van der Waals surface area (Å²) >= 11 is 24.6. The van der Waals surface area contributed by atoms with Gasteiger partial charge in [-0.05, 0) is 68.5 Å². The Balaban J connectivity index is 1.68. The van der Waals surface area contributed by atoms with Gasteiger partial charge in [0.25, 0.3) is 0 Å². The fourth-order valence-corrected chi connectivity index (χ4v) is 10.9. The van der Waals surface area contributed by atoms with Crippen molar-refractivity contribution in [1.82, 2.24) is 68.7 Å². The van der Waals surface area contributed by atoms with Gasteiger partial charge in [0.15, 0.2) is 0 Å². The van der Waals surface area contributed by atoms with Gasteiger partial charge in [0.05, 0.1) is 25.1 Å². The van der Waals surface area contributed by atoms with E-state index in [0.29, 0.717) is 11.1 Å². The molecule has 14 amide bonds. The van der Waals surface area contributed by atoms with Crippen molar-refractivity contribution in [3.8, 4) is 11.5 Å². The Bertz CT molecular complexity index is 3290. The van der Waals surface area contributed by atoms with Crippen molar-refractivity contribution in [3.63, 3.8) is 0 Å². The number of carbonyl (C=O) groups excluding carboxylic acids is 14. The van der Waals surface area contributed by atoms with Crippen LogP contribution in [0.25, 0.3) is 0 Å². The van der Waals surface area contributed by atoms with Crippen molar-refractivity contribution in [2.75, 3.05) is 47.6 Å². The molecule has 14 atom stereocenters. The maximum atomic E-state index is 14.2. The summed E-state index contributed by atoms with van der Waals surface area (Å²) in [5.41, 5.74) is 12.0. The average Bonchev–Trinajstić information content (AvgIpc) is 1.74. The van der Waals surface area contributed by atoms with Gasteiger partial charge in [-0.1, -0.05) is 24.3 Å². The first-order chi connectivity index (χ1) is 47.6. The Hall–Kier alpha value is -8.42. The van der Waals surface area contributed by atoms with Gasteiger partial charge in [0.1, 0.15) is 84.0 Å². The van der Waals surface area contributed by atoms with Crippen LogP contribution in [-0.4, -0.2) is 257 Å². The number of rotatable bonds is 42. The number of phenolic OH excluding ortho intramolecular Hbond substituents is 2. The lowest BCUT2D eigenvalue weighted by atomic mass is 10.0. The van der Waals surface area contributed by atoms with E-state index in [1.807, 2.05) is 0 Å². The highest BCUT2D eigenvalue weighted by Gasteiger charge is 2.41. The van der Waals surface area contributed by atoms with Crippen LogP contribution in [-0.2, 0) is 89.6 Å². The van der Waals surface area contributed by atoms with Gasteiger partial charge < -0.3 is 106 Å². The topological polar surface area (TPSA) is 574 Å². The van der Waals surface area contributed by atoms with Crippen molar-refractivity contribution >= 4 is 170 Å². The summed E-state index contributed by atoms with van der Waals surface area (Å²) in [7, 11) is 0. The standard InChI is InChI=1S/C59H85N15O21S6/c1-26(47(82)69-41(25-101)55(90)73-46(27(2)75)57(92)62-19-44(79)64-37(21-97)51(86)68-36(59(94)95)17-29-7-11-31(77)12-8-29)63-56(91)42-4-3-15-74(42)58(93)35(18-43(61)78)67-53(88)39(23-99)72-54(89)40(24-100)71-50(85)34(16-28-5-9-30(76)10-6-28)66-49(84)33(13-14-45(80)81)65-52(87)38(22-98)70-48(83)32(60)20-96/h5-12,26-27,32-42,46,75-77,96-101H,3-4,13-25,60H2,1-2H3,(H2,61,78)(H,62,92)(H,63,91)(H,64,79)(H,65,87)(H,66,84)(H,67,88)(H,68,86)(H,69,82)(H,70,83)(H,71,85)(H,72,89)(H,73,90)(H,80,81)(H,94,95)/t26-,27+,32-,33-,34-,35-,36-,37-,38-,39-,40+,41-,42-,46-/m0/s1. The zero-order valence-corrected chi connectivity index (χ0v) is 59.7. The van der Waals surface area contributed by atoms with E-state index in [0.717, 1.165) is 11.8 Å². The number of aromatic hydroxyl groups is 2. The number of phenols is 2. The van der Waals surface area contributed by atoms with Crippen LogP contribution in [0.2, 0.25) is 0 Å². The van der Waals surface area contributed by atoms with Gasteiger partial charge in [-0.15, -0.1) is 0 Å². The summed E-state index contributed by atoms with van der Waals surface area (Å²) in [5.74, 6) is -19.3. The number of aliphatic hydroxyl groups is 1. The van der Waals surface area contributed by atoms with E-state index in [1.54, 1.807) is 0 Å². The zero-order valence-electron chi connectivity index (χ0n) is 54.4. The van der Waals surface area contributed by atoms with E-state index in [1.165, 1.54) is 55.5 Å². The molecule has 0 unspecified atom stereocenters. The van der Waals surface area contributed by atoms with Crippen LogP contribution in [0.1, 0.15) is 57.1 Å². The summed E-state index contributed by atoms with van der Waals surface area (Å²) in [6.07, 6.45) is -4.01. The number of aliphatic hydroxyl groups excluding tert-OH is 1. The molecule has 0 aromatic heterocycles. The molecule has 21 N–H and O–H groups in total. The molecule has 0 spiro atoms. The molecule has 3 rings (SSSR count). The summed E-state index contributed by atoms with van der Waals surface area (Å²) in [4.78, 5) is 213. The highest BCUT2D eigenvalue weighted by Crippen LogP contribution is 2.21. The van der Waals surface area contributed by atoms with Gasteiger partial charge >= 0.3 is 11.9 Å². The van der Waals surface area contributed by atoms with Crippen molar-refractivity contribution in [3.05, 3.63) is 59.7 Å². The molecular formula is C59H85N15O21S6. The highest BCUT2D eigenvalue weighted by molar-refractivity contribution is 7.81. The third-order valence-corrected chi connectivity index (χ3v) is 17.2. The molecule has 0 aliphatic carbocycles. The lowest BCUT2D eigenvalue weighted by Crippen LogP contribution is -2.61. The van der Waals surface area contributed by atoms with E-state index in [-0.39, 0.29) is 61.0 Å². The summed E-state index contributed by atoms with van der Waals surface area (Å²) in [6.45, 7) is 1.38. The predicted molar refractivity (Wildman–Crippen MR) is 379 cm³/mol. The molecule has 1 aliphatic heterocycles. The number of carbonyl (C=O) groups is 16. The number of benzene rings is 2. The third-order valence-electron chi connectivity index (χ3n) is 15.0. The first-order valence-electron chi connectivity index (χ1n) is 30.9. The van der Waals surface area contributed by atoms with Crippen LogP contribution in [0.15, 0.2) is 48.5 Å². The number of thiol groups is 6. The fourth-order valence-electron chi connectivity index (χ4n) is 9.41. The van der Waals surface area contributed by atoms with Crippen LogP contribution < -0.4 is 75.3 Å². The molecule has 0 saturated carbocycles. The second kappa shape index (κ2) is 43.4. The number of hydrogen-bond donors (Lipinski definition) is 25. The van der Waals surface area contributed by atoms with E-state index >= 15 is 0 Å². The maximum absolute atomic E-state index is 14.2. The predicted octanol–water partition coefficient (Wildman–Crippen LogP) is -7.55. The minimum Gasteiger partial charge on any atom is -0.508 e. The van der Waals surface area contributed by atoms with Crippen LogP contribution in [0.4, 0.5) is 0 Å². The second-order valence-electron chi connectivity index (χ2n) is 22.9. The van der Waals surface area contributed by atoms with E-state index in [2.05, 4.69) is 140 Å². The second-order valence-corrected chi connectivity index (χ2v) is 25.0. The number of nitrogens with two attached hydrogens (primary N) is 2. The number of amides is 14. The Morgan fingerprint density at radius 1 is 0.495 bits per heavy atom. The molecule has 1 aliphatic rings. The SMILES string of the molecule is C[C@H](NC(=O)[C@@H]1CCCN1C(=O)[C@H](CC(N)=O)NC(=O)[C@H](CS)NC(=O)[C@@H](CS)NC(=O)[C@H](Cc1ccc(O)cc1)NC(=O)[C@H](CCC(=O)O)NC(=O)[C@H](CS)NC(=O)[C@@H](N)CS)C(=O)N[C@@H](CS)C(=O)N[C@H](C(=O)NCC(=O)N[C@@H](CS)C(=O)N[C@@H](Cc1ccc(O)cc1)C(=O)O)[C@@H](C)O. The number of carboxylic acids is 2. The van der Waals surface area contributed by atoms with Gasteiger partial charge in [0.2, 0.25) is 82.7 Å². The molecule has 42 heteroatoms. The number of carboxylic acid groups (broad SMARTS) is 2. The molecule has 0 bridgehead atoms. The first kappa shape index (κ1) is 86.8. The van der Waals surface area contributed by atoms with Gasteiger partial charge in [-0.3, -0.25) is 71.9 Å². The Labute approximate surface area is 611 Å². The molecule has 1 saturated heterocycles. The van der Waals surface area contributed by atoms with E-state index < -0.39 is 222 Å². The maximum Gasteiger partial charge on any atom is 0.326 e. The van der Waals surface area contributed by atoms with Crippen molar-refractivity contribution in [1.29, 1.82) is 0 Å². The molecule has 101 heavy (non-hydrogen) atoms. The van der Waals surface area contributed by atoms with Gasteiger partial charge in [0, 0.05) is 60.3 Å². The first-order valence-corrected chi connectivity index (χ1v) is 34.7. The zero-order chi connectivity index (χ0) is 76.0. The molecule has 2 aromatic rings. The number of primary amides is 1. The van der Waals surface area contributed by atoms with Crippen LogP contribution in [0.3, 0.4) is 0 Å². The fraction of sp³-hybridized carbons (Fsp3) is 0.525. The summed E-state index contributed by atoms with van der Waals surface area (Å²) in [5, 5.41) is 77.2. The minimum absolute atomic E-state index is 0.00496. The number of aliphatic carboxylic acids is 2. The highest BCUT2D eigenvalue weighted by atomic mass is 32.1. The lowest BCUT2D eigenvalue weighted by molar-refractivity contribution is -0.143. The normalized spacial score (nSPS) is 16.4.